The number of thiophene rings is 1. The van der Waals surface area contributed by atoms with Gasteiger partial charge in [0.1, 0.15) is 0 Å². The highest BCUT2D eigenvalue weighted by Crippen LogP contribution is 2.20. The number of nitrogens with one attached hydrogen (secondary N) is 1. The monoisotopic (exact) mass is 353 g/mol. The molecule has 0 aliphatic carbocycles. The van der Waals surface area contributed by atoms with Gasteiger partial charge in [0.25, 0.3) is 0 Å². The summed E-state index contributed by atoms with van der Waals surface area (Å²) in [5, 5.41) is 14.4. The summed E-state index contributed by atoms with van der Waals surface area (Å²) in [4.78, 5) is 12.8. The van der Waals surface area contributed by atoms with Gasteiger partial charge < -0.3 is 10.4 Å². The lowest BCUT2D eigenvalue weighted by Crippen LogP contribution is -2.27. The lowest BCUT2D eigenvalue weighted by atomic mass is 10.2. The maximum Gasteiger partial charge on any atom is 0.221 e. The molecule has 1 aromatic carbocycles. The predicted molar refractivity (Wildman–Crippen MR) is 90.0 cm³/mol. The summed E-state index contributed by atoms with van der Waals surface area (Å²) in [5.74, 6) is -0.557. The average molecular weight is 353 g/mol. The number of carbonyl (C=O) groups excluding carboxylic acids is 1. The molecule has 23 heavy (non-hydrogen) atoms. The molecule has 5 nitrogen and oxygen atoms in total. The minimum absolute atomic E-state index is 0.0909. The Bertz CT molecular complexity index is 712. The zero-order valence-electron chi connectivity index (χ0n) is 12.5. The number of aliphatic hydroxyl groups is 1. The average Bonchev–Trinajstić information content (AvgIpc) is 3.08. The van der Waals surface area contributed by atoms with E-state index in [0.29, 0.717) is 13.0 Å². The number of rotatable bonds is 8. The van der Waals surface area contributed by atoms with Gasteiger partial charge in [0.2, 0.25) is 5.91 Å². The molecule has 1 heterocycles. The van der Waals surface area contributed by atoms with Crippen molar-refractivity contribution in [2.45, 2.75) is 23.8 Å². The van der Waals surface area contributed by atoms with Crippen LogP contribution in [0, 0.1) is 0 Å². The van der Waals surface area contributed by atoms with Crippen LogP contribution in [0.4, 0.5) is 0 Å². The highest BCUT2D eigenvalue weighted by Gasteiger charge is 2.16. The van der Waals surface area contributed by atoms with Crippen molar-refractivity contribution in [1.29, 1.82) is 0 Å². The minimum Gasteiger partial charge on any atom is -0.388 e. The molecule has 0 aliphatic heterocycles. The largest absolute Gasteiger partial charge is 0.388 e. The second kappa shape index (κ2) is 8.24. The van der Waals surface area contributed by atoms with Crippen molar-refractivity contribution in [3.63, 3.8) is 0 Å². The van der Waals surface area contributed by atoms with Gasteiger partial charge in [0.05, 0.1) is 16.8 Å². The number of hydrogen-bond donors (Lipinski definition) is 2. The number of hydrogen-bond acceptors (Lipinski definition) is 5. The Labute approximate surface area is 139 Å². The van der Waals surface area contributed by atoms with E-state index in [4.69, 9.17) is 0 Å². The molecule has 1 aromatic heterocycles. The first-order chi connectivity index (χ1) is 11.0. The van der Waals surface area contributed by atoms with Crippen LogP contribution in [0.5, 0.6) is 0 Å². The zero-order chi connectivity index (χ0) is 16.7. The Morgan fingerprint density at radius 2 is 1.91 bits per heavy atom. The summed E-state index contributed by atoms with van der Waals surface area (Å²) in [6, 6.07) is 11.8. The fourth-order valence-electron chi connectivity index (χ4n) is 2.03. The molecule has 0 aliphatic rings. The van der Waals surface area contributed by atoms with E-state index in [2.05, 4.69) is 5.32 Å². The van der Waals surface area contributed by atoms with Crippen LogP contribution in [0.3, 0.4) is 0 Å². The topological polar surface area (TPSA) is 83.5 Å². The van der Waals surface area contributed by atoms with Crippen LogP contribution in [0.25, 0.3) is 0 Å². The molecule has 0 saturated heterocycles. The number of sulfone groups is 1. The molecule has 0 unspecified atom stereocenters. The van der Waals surface area contributed by atoms with Crippen molar-refractivity contribution in [3.05, 3.63) is 52.7 Å². The Morgan fingerprint density at radius 3 is 2.57 bits per heavy atom. The van der Waals surface area contributed by atoms with Gasteiger partial charge in [0, 0.05) is 17.8 Å². The Kier molecular flexibility index (Phi) is 6.32. The molecular weight excluding hydrogens is 334 g/mol. The van der Waals surface area contributed by atoms with E-state index >= 15 is 0 Å². The summed E-state index contributed by atoms with van der Waals surface area (Å²) in [7, 11) is -3.44. The second-order valence-corrected chi connectivity index (χ2v) is 8.14. The highest BCUT2D eigenvalue weighted by molar-refractivity contribution is 7.91. The molecule has 0 bridgehead atoms. The summed E-state index contributed by atoms with van der Waals surface area (Å²) in [5.41, 5.74) is 0. The third-order valence-electron chi connectivity index (χ3n) is 3.31. The molecule has 7 heteroatoms. The fourth-order valence-corrected chi connectivity index (χ4v) is 4.04. The molecular formula is C16H19NO4S2. The Hall–Kier alpha value is -1.70. The zero-order valence-corrected chi connectivity index (χ0v) is 14.1. The standard InChI is InChI=1S/C16H19NO4S2/c18-14(15-7-4-11-22-15)8-10-17-16(19)9-12-23(20,21)13-5-2-1-3-6-13/h1-7,11,14,18H,8-10,12H2,(H,17,19)/t14-/m0/s1. The SMILES string of the molecule is O=C(CCS(=O)(=O)c1ccccc1)NCC[C@H](O)c1cccs1. The van der Waals surface area contributed by atoms with Gasteiger partial charge in [-0.15, -0.1) is 11.3 Å². The molecule has 2 rings (SSSR count). The summed E-state index contributed by atoms with van der Waals surface area (Å²) in [6.45, 7) is 0.309. The van der Waals surface area contributed by atoms with Gasteiger partial charge in [-0.05, 0) is 30.0 Å². The molecule has 0 fully saturated rings. The molecule has 2 N–H and O–H groups in total. The van der Waals surface area contributed by atoms with Gasteiger partial charge in [-0.2, -0.15) is 0 Å². The molecule has 0 spiro atoms. The van der Waals surface area contributed by atoms with Crippen LogP contribution in [0.1, 0.15) is 23.8 Å². The first-order valence-electron chi connectivity index (χ1n) is 7.25. The van der Waals surface area contributed by atoms with Crippen LogP contribution >= 0.6 is 11.3 Å². The highest BCUT2D eigenvalue weighted by atomic mass is 32.2. The maximum atomic E-state index is 12.1. The van der Waals surface area contributed by atoms with E-state index in [-0.39, 0.29) is 23.0 Å². The van der Waals surface area contributed by atoms with E-state index < -0.39 is 15.9 Å². The first kappa shape index (κ1) is 17.7. The van der Waals surface area contributed by atoms with Crippen molar-refractivity contribution in [2.24, 2.45) is 0 Å². The van der Waals surface area contributed by atoms with Gasteiger partial charge in [-0.1, -0.05) is 24.3 Å². The van der Waals surface area contributed by atoms with Crippen LogP contribution in [0.2, 0.25) is 0 Å². The molecule has 0 saturated carbocycles. The van der Waals surface area contributed by atoms with E-state index in [9.17, 15) is 18.3 Å². The van der Waals surface area contributed by atoms with Crippen molar-refractivity contribution in [2.75, 3.05) is 12.3 Å². The van der Waals surface area contributed by atoms with E-state index in [1.807, 2.05) is 17.5 Å². The molecule has 0 radical (unpaired) electrons. The van der Waals surface area contributed by atoms with Crippen molar-refractivity contribution >= 4 is 27.1 Å². The molecule has 124 valence electrons. The minimum atomic E-state index is -3.44. The van der Waals surface area contributed by atoms with Crippen LogP contribution in [-0.4, -0.2) is 31.7 Å². The molecule has 1 atom stereocenters. The number of aliphatic hydroxyl groups excluding tert-OH is 1. The third kappa shape index (κ3) is 5.46. The Morgan fingerprint density at radius 1 is 1.17 bits per heavy atom. The van der Waals surface area contributed by atoms with E-state index in [0.717, 1.165) is 4.88 Å². The van der Waals surface area contributed by atoms with Gasteiger partial charge >= 0.3 is 0 Å². The summed E-state index contributed by atoms with van der Waals surface area (Å²) in [6.07, 6.45) is -0.298. The van der Waals surface area contributed by atoms with E-state index in [1.54, 1.807) is 18.2 Å². The van der Waals surface area contributed by atoms with Crippen LogP contribution in [-0.2, 0) is 14.6 Å². The van der Waals surface area contributed by atoms with Crippen molar-refractivity contribution in [3.8, 4) is 0 Å². The number of amides is 1. The Balaban J connectivity index is 1.73. The van der Waals surface area contributed by atoms with Gasteiger partial charge in [-0.3, -0.25) is 4.79 Å². The maximum absolute atomic E-state index is 12.1. The quantitative estimate of drug-likeness (QED) is 0.762. The smallest absolute Gasteiger partial charge is 0.221 e. The number of benzene rings is 1. The first-order valence-corrected chi connectivity index (χ1v) is 9.78. The van der Waals surface area contributed by atoms with Crippen LogP contribution < -0.4 is 5.32 Å². The van der Waals surface area contributed by atoms with Crippen LogP contribution in [0.15, 0.2) is 52.7 Å². The second-order valence-electron chi connectivity index (χ2n) is 5.05. The third-order valence-corrected chi connectivity index (χ3v) is 6.02. The molecule has 2 aromatic rings. The van der Waals surface area contributed by atoms with E-state index in [1.165, 1.54) is 23.5 Å². The fraction of sp³-hybridized carbons (Fsp3) is 0.312. The van der Waals surface area contributed by atoms with Crippen molar-refractivity contribution in [1.82, 2.24) is 5.32 Å². The van der Waals surface area contributed by atoms with Gasteiger partial charge in [-0.25, -0.2) is 8.42 Å². The lowest BCUT2D eigenvalue weighted by molar-refractivity contribution is -0.120. The molecule has 1 amide bonds. The van der Waals surface area contributed by atoms with Gasteiger partial charge in [0.15, 0.2) is 9.84 Å². The van der Waals surface area contributed by atoms with Crippen molar-refractivity contribution < 1.29 is 18.3 Å². The summed E-state index contributed by atoms with van der Waals surface area (Å²) >= 11 is 1.46. The normalized spacial score (nSPS) is 12.7. The predicted octanol–water partition coefficient (Wildman–Crippen LogP) is 2.15. The summed E-state index contributed by atoms with van der Waals surface area (Å²) < 4.78 is 24.1. The number of carbonyl (C=O) groups is 1. The lowest BCUT2D eigenvalue weighted by Gasteiger charge is -2.10.